The van der Waals surface area contributed by atoms with Crippen LogP contribution in [0.1, 0.15) is 22.8 Å². The molecule has 0 fully saturated rings. The molecule has 0 aromatic heterocycles. The molecule has 0 radical (unpaired) electrons. The number of fused-ring (bicyclic) bond motifs is 1. The van der Waals surface area contributed by atoms with Crippen molar-refractivity contribution in [3.8, 4) is 11.5 Å². The summed E-state index contributed by atoms with van der Waals surface area (Å²) in [6, 6.07) is 15.7. The molecule has 2 N–H and O–H groups in total. The van der Waals surface area contributed by atoms with Crippen LogP contribution in [-0.2, 0) is 10.1 Å². The number of nitrogens with one attached hydrogen (secondary N) is 1. The zero-order valence-corrected chi connectivity index (χ0v) is 25.4. The summed E-state index contributed by atoms with van der Waals surface area (Å²) in [4.78, 5) is 12.5. The summed E-state index contributed by atoms with van der Waals surface area (Å²) in [5, 5.41) is 24.8. The van der Waals surface area contributed by atoms with E-state index in [2.05, 4.69) is 15.5 Å². The molecule has 0 saturated carbocycles. The maximum Gasteiger partial charge on any atom is 1.00 e. The summed E-state index contributed by atoms with van der Waals surface area (Å²) >= 11 is 12.4. The zero-order chi connectivity index (χ0) is 27.6. The van der Waals surface area contributed by atoms with Crippen LogP contribution >= 0.6 is 23.2 Å². The Morgan fingerprint density at radius 1 is 1.05 bits per heavy atom. The third kappa shape index (κ3) is 6.55. The number of carbonyl (C=O) groups excluding carboxylic acids is 1. The molecule has 4 aromatic rings. The number of amides is 1. The third-order valence-electron chi connectivity index (χ3n) is 5.52. The Balaban J connectivity index is 0.00000420. The predicted octanol–water partition coefficient (Wildman–Crippen LogP) is 3.85. The van der Waals surface area contributed by atoms with E-state index in [-0.39, 0.29) is 62.2 Å². The Kier molecular flexibility index (Phi) is 10.0. The molecule has 39 heavy (non-hydrogen) atoms. The zero-order valence-electron chi connectivity index (χ0n) is 21.0. The van der Waals surface area contributed by atoms with E-state index >= 15 is 0 Å². The van der Waals surface area contributed by atoms with Crippen molar-refractivity contribution in [1.82, 2.24) is 0 Å². The maximum absolute atomic E-state index is 13.4. The number of carbonyl (C=O) groups is 1. The summed E-state index contributed by atoms with van der Waals surface area (Å²) in [7, 11) is -4.76. The number of halogens is 2. The number of hydrogen-bond acceptors (Lipinski definition) is 7. The first-order valence-corrected chi connectivity index (χ1v) is 13.4. The van der Waals surface area contributed by atoms with Gasteiger partial charge in [0.15, 0.2) is 0 Å². The first-order valence-electron chi connectivity index (χ1n) is 11.2. The molecule has 0 aliphatic heterocycles. The minimum Gasteiger partial charge on any atom is -0.870 e. The molecule has 0 unspecified atom stereocenters. The number of hydrogen-bond donors (Lipinski definition) is 2. The quantitative estimate of drug-likeness (QED) is 0.189. The van der Waals surface area contributed by atoms with Gasteiger partial charge < -0.3 is 15.2 Å². The van der Waals surface area contributed by atoms with Crippen LogP contribution in [0.15, 0.2) is 75.8 Å². The van der Waals surface area contributed by atoms with Crippen LogP contribution in [0.5, 0.6) is 11.5 Å². The number of benzene rings is 4. The van der Waals surface area contributed by atoms with Crippen molar-refractivity contribution in [3.63, 3.8) is 0 Å². The van der Waals surface area contributed by atoms with Gasteiger partial charge in [0.2, 0.25) is 0 Å². The van der Waals surface area contributed by atoms with Crippen molar-refractivity contribution in [2.45, 2.75) is 18.7 Å². The number of rotatable bonds is 7. The van der Waals surface area contributed by atoms with Gasteiger partial charge in [-0.05, 0) is 49.1 Å². The number of aryl methyl sites for hydroxylation is 1. The van der Waals surface area contributed by atoms with Crippen molar-refractivity contribution in [1.29, 1.82) is 0 Å². The van der Waals surface area contributed by atoms with Crippen molar-refractivity contribution in [2.75, 3.05) is 11.9 Å². The molecule has 4 aromatic carbocycles. The van der Waals surface area contributed by atoms with Gasteiger partial charge in [-0.15, -0.1) is 5.11 Å². The van der Waals surface area contributed by atoms with Gasteiger partial charge in [-0.1, -0.05) is 65.3 Å². The van der Waals surface area contributed by atoms with Crippen molar-refractivity contribution in [2.24, 2.45) is 10.2 Å². The van der Waals surface area contributed by atoms with Gasteiger partial charge in [0.1, 0.15) is 21.4 Å². The third-order valence-corrected chi connectivity index (χ3v) is 7.43. The SMILES string of the molecule is CCOc1cccc(NC(=O)c2cc3ccccc3c(N=Nc3ccc(C)c(Cl)c3S(=O)(=O)O)c2[O-])c1Cl.[Na+]. The molecule has 1 amide bonds. The summed E-state index contributed by atoms with van der Waals surface area (Å²) in [5.74, 6) is -1.13. The number of anilines is 1. The molecule has 0 aliphatic carbocycles. The molecule has 0 spiro atoms. The van der Waals surface area contributed by atoms with E-state index in [9.17, 15) is 22.9 Å². The summed E-state index contributed by atoms with van der Waals surface area (Å²) in [6.45, 7) is 3.71. The van der Waals surface area contributed by atoms with E-state index in [0.29, 0.717) is 28.7 Å². The monoisotopic (exact) mass is 595 g/mol. The molecule has 0 atom stereocenters. The molecule has 0 heterocycles. The van der Waals surface area contributed by atoms with E-state index < -0.39 is 26.7 Å². The molecule has 4 rings (SSSR count). The average Bonchev–Trinajstić information content (AvgIpc) is 2.86. The van der Waals surface area contributed by atoms with Crippen molar-refractivity contribution in [3.05, 3.63) is 81.8 Å². The number of nitrogens with zero attached hydrogens (tertiary/aromatic N) is 2. The molecule has 0 bridgehead atoms. The van der Waals surface area contributed by atoms with E-state index in [1.54, 1.807) is 56.3 Å². The van der Waals surface area contributed by atoms with Crippen LogP contribution in [0.2, 0.25) is 10.0 Å². The minimum atomic E-state index is -4.76. The minimum absolute atomic E-state index is 0. The van der Waals surface area contributed by atoms with E-state index in [4.69, 9.17) is 27.9 Å². The Labute approximate surface area is 256 Å². The Morgan fingerprint density at radius 3 is 2.46 bits per heavy atom. The number of azo groups is 1. The second-order valence-electron chi connectivity index (χ2n) is 8.05. The Hall–Kier alpha value is -2.70. The molecule has 9 nitrogen and oxygen atoms in total. The topological polar surface area (TPSA) is 140 Å². The van der Waals surface area contributed by atoms with Gasteiger partial charge in [0.25, 0.3) is 16.0 Å². The van der Waals surface area contributed by atoms with Crippen LogP contribution in [0, 0.1) is 6.92 Å². The van der Waals surface area contributed by atoms with Crippen LogP contribution in [0.4, 0.5) is 17.1 Å². The van der Waals surface area contributed by atoms with Gasteiger partial charge in [-0.25, -0.2) is 0 Å². The van der Waals surface area contributed by atoms with Gasteiger partial charge in [0, 0.05) is 10.9 Å². The van der Waals surface area contributed by atoms with Crippen molar-refractivity contribution < 1.29 is 57.2 Å². The van der Waals surface area contributed by atoms with Gasteiger partial charge >= 0.3 is 29.6 Å². The van der Waals surface area contributed by atoms with E-state index in [1.807, 2.05) is 0 Å². The predicted molar refractivity (Wildman–Crippen MR) is 144 cm³/mol. The van der Waals surface area contributed by atoms with Crippen LogP contribution in [-0.4, -0.2) is 25.5 Å². The van der Waals surface area contributed by atoms with Gasteiger partial charge in [-0.3, -0.25) is 9.35 Å². The molecular formula is C26H20Cl2N3NaO6S. The summed E-state index contributed by atoms with van der Waals surface area (Å²) in [6.07, 6.45) is 0. The molecule has 0 saturated heterocycles. The second-order valence-corrected chi connectivity index (χ2v) is 10.2. The maximum atomic E-state index is 13.4. The molecule has 13 heteroatoms. The van der Waals surface area contributed by atoms with Crippen LogP contribution in [0.25, 0.3) is 10.8 Å². The second kappa shape index (κ2) is 12.6. The fraction of sp³-hybridized carbons (Fsp3) is 0.115. The number of ether oxygens (including phenoxy) is 1. The Bertz CT molecular complexity index is 1710. The average molecular weight is 596 g/mol. The fourth-order valence-electron chi connectivity index (χ4n) is 3.71. The van der Waals surface area contributed by atoms with E-state index in [1.165, 1.54) is 18.2 Å². The normalized spacial score (nSPS) is 11.4. The molecule has 0 aliphatic rings. The largest absolute Gasteiger partial charge is 1.00 e. The standard InChI is InChI=1S/C26H21Cl2N3O6S.Na/c1-3-37-20-10-6-9-18(22(20)28)29-26(33)17-13-15-7-4-5-8-16(15)23(24(17)32)31-30-19-12-11-14(2)21(27)25(19)38(34,35)36;/h4-13,32H,3H2,1-2H3,(H,29,33)(H,34,35,36);/q;+1/p-1. The summed E-state index contributed by atoms with van der Waals surface area (Å²) < 4.78 is 39.1. The fourth-order valence-corrected chi connectivity index (χ4v) is 5.15. The van der Waals surface area contributed by atoms with Gasteiger partial charge in [-0.2, -0.15) is 13.5 Å². The molecular weight excluding hydrogens is 576 g/mol. The van der Waals surface area contributed by atoms with Crippen LogP contribution < -0.4 is 44.7 Å². The molecule has 196 valence electrons. The van der Waals surface area contributed by atoms with Crippen LogP contribution in [0.3, 0.4) is 0 Å². The van der Waals surface area contributed by atoms with Gasteiger partial charge in [0.05, 0.1) is 23.0 Å². The first kappa shape index (κ1) is 30.8. The van der Waals surface area contributed by atoms with Crippen molar-refractivity contribution >= 4 is 67.1 Å². The smallest absolute Gasteiger partial charge is 0.870 e. The Morgan fingerprint density at radius 2 is 1.77 bits per heavy atom. The summed E-state index contributed by atoms with van der Waals surface area (Å²) in [5.41, 5.74) is -0.0989. The first-order chi connectivity index (χ1) is 18.0. The van der Waals surface area contributed by atoms with E-state index in [0.717, 1.165) is 0 Å².